The van der Waals surface area contributed by atoms with Gasteiger partial charge in [-0.2, -0.15) is 10.2 Å². The van der Waals surface area contributed by atoms with Gasteiger partial charge in [-0.15, -0.1) is 0 Å². The molecule has 31 heavy (non-hydrogen) atoms. The van der Waals surface area contributed by atoms with Crippen LogP contribution in [-0.4, -0.2) is 35.3 Å². The summed E-state index contributed by atoms with van der Waals surface area (Å²) >= 11 is 0. The number of anilines is 1. The van der Waals surface area contributed by atoms with Gasteiger partial charge in [0.05, 0.1) is 11.9 Å². The Hall–Kier alpha value is -4.40. The maximum Gasteiger partial charge on any atom is 0.256 e. The monoisotopic (exact) mass is 413 g/mol. The molecule has 0 fully saturated rings. The van der Waals surface area contributed by atoms with Crippen molar-refractivity contribution in [3.63, 3.8) is 0 Å². The predicted molar refractivity (Wildman–Crippen MR) is 113 cm³/mol. The Morgan fingerprint density at radius 2 is 1.74 bits per heavy atom. The second kappa shape index (κ2) is 7.45. The number of rotatable bonds is 4. The smallest absolute Gasteiger partial charge is 0.256 e. The molecule has 1 N–H and O–H groups in total. The fraction of sp³-hybridized carbons (Fsp3) is 0.0455. The number of halogens is 1. The van der Waals surface area contributed by atoms with E-state index in [4.69, 9.17) is 0 Å². The first-order valence-electron chi connectivity index (χ1n) is 9.44. The third-order valence-electron chi connectivity index (χ3n) is 4.73. The van der Waals surface area contributed by atoms with Gasteiger partial charge < -0.3 is 5.32 Å². The Morgan fingerprint density at radius 1 is 0.968 bits per heavy atom. The van der Waals surface area contributed by atoms with Crippen LogP contribution in [0.2, 0.25) is 0 Å². The summed E-state index contributed by atoms with van der Waals surface area (Å²) in [5.74, 6) is -0.200. The molecule has 0 saturated carbocycles. The number of nitrogens with zero attached hydrogens (tertiary/aromatic N) is 6. The van der Waals surface area contributed by atoms with Gasteiger partial charge in [0, 0.05) is 42.3 Å². The molecule has 4 aromatic heterocycles. The molecular weight excluding hydrogens is 397 g/mol. The summed E-state index contributed by atoms with van der Waals surface area (Å²) in [6, 6.07) is 13.1. The fourth-order valence-electron chi connectivity index (χ4n) is 3.27. The van der Waals surface area contributed by atoms with Gasteiger partial charge in [-0.05, 0) is 48.5 Å². The standard InChI is InChI=1S/C22H16FN7O/c1-29-12-17(21(28-29)14-2-4-16(23)5-3-14)18-6-7-20-25-19(13-30(20)27-18)26-22(31)15-8-10-24-11-9-15/h2-13H,1H3,(H,26,31). The SMILES string of the molecule is Cn1cc(-c2ccc3nc(NC(=O)c4ccncc4)cn3n2)c(-c2ccc(F)cc2)n1. The average Bonchev–Trinajstić information content (AvgIpc) is 3.37. The summed E-state index contributed by atoms with van der Waals surface area (Å²) in [4.78, 5) is 20.7. The number of carbonyl (C=O) groups is 1. The highest BCUT2D eigenvalue weighted by Gasteiger charge is 2.15. The van der Waals surface area contributed by atoms with Crippen LogP contribution in [0.1, 0.15) is 10.4 Å². The Balaban J connectivity index is 1.49. The van der Waals surface area contributed by atoms with E-state index < -0.39 is 0 Å². The van der Waals surface area contributed by atoms with Gasteiger partial charge in [-0.25, -0.2) is 13.9 Å². The molecule has 5 aromatic rings. The quantitative estimate of drug-likeness (QED) is 0.486. The Labute approximate surface area is 176 Å². The second-order valence-corrected chi connectivity index (χ2v) is 6.91. The molecule has 0 saturated heterocycles. The van der Waals surface area contributed by atoms with Crippen LogP contribution in [0.4, 0.5) is 10.2 Å². The number of hydrogen-bond donors (Lipinski definition) is 1. The molecule has 0 atom stereocenters. The van der Waals surface area contributed by atoms with Crippen molar-refractivity contribution in [3.8, 4) is 22.5 Å². The van der Waals surface area contributed by atoms with E-state index in [1.54, 1.807) is 52.1 Å². The number of imidazole rings is 1. The van der Waals surface area contributed by atoms with Crippen molar-refractivity contribution in [2.75, 3.05) is 5.32 Å². The molecule has 0 bridgehead atoms. The van der Waals surface area contributed by atoms with Gasteiger partial charge in [-0.1, -0.05) is 0 Å². The minimum Gasteiger partial charge on any atom is -0.305 e. The van der Waals surface area contributed by atoms with Crippen LogP contribution >= 0.6 is 0 Å². The Morgan fingerprint density at radius 3 is 2.52 bits per heavy atom. The van der Waals surface area contributed by atoms with Gasteiger partial charge in [0.1, 0.15) is 11.5 Å². The highest BCUT2D eigenvalue weighted by molar-refractivity contribution is 6.03. The number of aromatic nitrogens is 6. The maximum absolute atomic E-state index is 13.3. The normalized spacial score (nSPS) is 11.0. The molecule has 4 heterocycles. The van der Waals surface area contributed by atoms with Crippen LogP contribution in [0.15, 0.2) is 73.3 Å². The third kappa shape index (κ3) is 3.64. The van der Waals surface area contributed by atoms with Crippen LogP contribution in [0, 0.1) is 5.82 Å². The zero-order valence-electron chi connectivity index (χ0n) is 16.4. The van der Waals surface area contributed by atoms with E-state index in [0.717, 1.165) is 11.1 Å². The third-order valence-corrected chi connectivity index (χ3v) is 4.73. The average molecular weight is 413 g/mol. The van der Waals surface area contributed by atoms with Gasteiger partial charge >= 0.3 is 0 Å². The van der Waals surface area contributed by atoms with Crippen LogP contribution < -0.4 is 5.32 Å². The van der Waals surface area contributed by atoms with E-state index in [-0.39, 0.29) is 11.7 Å². The van der Waals surface area contributed by atoms with Gasteiger partial charge in [0.25, 0.3) is 5.91 Å². The maximum atomic E-state index is 13.3. The molecule has 152 valence electrons. The number of carbonyl (C=O) groups excluding carboxylic acids is 1. The zero-order chi connectivity index (χ0) is 21.4. The van der Waals surface area contributed by atoms with Crippen molar-refractivity contribution in [1.82, 2.24) is 29.4 Å². The minimum absolute atomic E-state index is 0.281. The molecule has 0 aliphatic rings. The van der Waals surface area contributed by atoms with Gasteiger partial charge in [0.15, 0.2) is 11.5 Å². The molecule has 1 aromatic carbocycles. The number of benzene rings is 1. The molecule has 1 amide bonds. The molecule has 8 nitrogen and oxygen atoms in total. The van der Waals surface area contributed by atoms with E-state index in [1.807, 2.05) is 25.4 Å². The largest absolute Gasteiger partial charge is 0.305 e. The van der Waals surface area contributed by atoms with Gasteiger partial charge in [-0.3, -0.25) is 14.5 Å². The predicted octanol–water partition coefficient (Wildman–Crippen LogP) is 3.58. The van der Waals surface area contributed by atoms with Crippen LogP contribution in [0.3, 0.4) is 0 Å². The molecule has 0 unspecified atom stereocenters. The summed E-state index contributed by atoms with van der Waals surface area (Å²) in [6.45, 7) is 0. The van der Waals surface area contributed by atoms with E-state index in [9.17, 15) is 9.18 Å². The summed E-state index contributed by atoms with van der Waals surface area (Å²) in [6.07, 6.45) is 6.61. The number of fused-ring (bicyclic) bond motifs is 1. The number of aryl methyl sites for hydroxylation is 1. The number of pyridine rings is 1. The van der Waals surface area contributed by atoms with Crippen molar-refractivity contribution in [3.05, 3.63) is 84.7 Å². The Kier molecular flexibility index (Phi) is 4.47. The minimum atomic E-state index is -0.305. The highest BCUT2D eigenvalue weighted by Crippen LogP contribution is 2.30. The molecule has 0 radical (unpaired) electrons. The molecular formula is C22H16FN7O. The van der Waals surface area contributed by atoms with E-state index in [2.05, 4.69) is 25.5 Å². The topological polar surface area (TPSA) is 90.0 Å². The van der Waals surface area contributed by atoms with E-state index in [0.29, 0.717) is 28.4 Å². The summed E-state index contributed by atoms with van der Waals surface area (Å²) < 4.78 is 16.6. The number of amides is 1. The lowest BCUT2D eigenvalue weighted by molar-refractivity contribution is 0.102. The van der Waals surface area contributed by atoms with Crippen LogP contribution in [-0.2, 0) is 7.05 Å². The molecule has 0 aliphatic heterocycles. The molecule has 0 aliphatic carbocycles. The zero-order valence-corrected chi connectivity index (χ0v) is 16.4. The number of hydrogen-bond acceptors (Lipinski definition) is 5. The van der Waals surface area contributed by atoms with Crippen molar-refractivity contribution >= 4 is 17.4 Å². The second-order valence-electron chi connectivity index (χ2n) is 6.91. The van der Waals surface area contributed by atoms with E-state index >= 15 is 0 Å². The Bertz CT molecular complexity index is 1390. The lowest BCUT2D eigenvalue weighted by Crippen LogP contribution is -2.11. The van der Waals surface area contributed by atoms with Gasteiger partial charge in [0.2, 0.25) is 0 Å². The molecule has 5 rings (SSSR count). The molecule has 9 heteroatoms. The lowest BCUT2D eigenvalue weighted by atomic mass is 10.1. The van der Waals surface area contributed by atoms with Crippen molar-refractivity contribution in [1.29, 1.82) is 0 Å². The molecule has 0 spiro atoms. The summed E-state index contributed by atoms with van der Waals surface area (Å²) in [5, 5.41) is 11.9. The van der Waals surface area contributed by atoms with E-state index in [1.165, 1.54) is 12.1 Å². The first-order valence-corrected chi connectivity index (χ1v) is 9.44. The highest BCUT2D eigenvalue weighted by atomic mass is 19.1. The fourth-order valence-corrected chi connectivity index (χ4v) is 3.27. The van der Waals surface area contributed by atoms with Crippen molar-refractivity contribution in [2.24, 2.45) is 7.05 Å². The van der Waals surface area contributed by atoms with Crippen molar-refractivity contribution in [2.45, 2.75) is 0 Å². The first kappa shape index (κ1) is 18.6. The van der Waals surface area contributed by atoms with Crippen LogP contribution in [0.25, 0.3) is 28.2 Å². The number of nitrogens with one attached hydrogen (secondary N) is 1. The van der Waals surface area contributed by atoms with Crippen LogP contribution in [0.5, 0.6) is 0 Å². The van der Waals surface area contributed by atoms with Crippen molar-refractivity contribution < 1.29 is 9.18 Å². The lowest BCUT2D eigenvalue weighted by Gasteiger charge is -2.03. The summed E-state index contributed by atoms with van der Waals surface area (Å²) in [7, 11) is 1.82. The first-order chi connectivity index (χ1) is 15.1. The summed E-state index contributed by atoms with van der Waals surface area (Å²) in [5.41, 5.74) is 4.02.